The summed E-state index contributed by atoms with van der Waals surface area (Å²) in [5.41, 5.74) is -0.180. The number of alkyl halides is 3. The number of nitrogens with zero attached hydrogens (tertiary/aromatic N) is 1. The Balaban J connectivity index is 1.65. The van der Waals surface area contributed by atoms with Crippen LogP contribution < -0.4 is 5.32 Å². The number of thiazole rings is 1. The zero-order valence-electron chi connectivity index (χ0n) is 18.9. The molecule has 0 atom stereocenters. The number of amides is 1. The summed E-state index contributed by atoms with van der Waals surface area (Å²) in [6, 6.07) is 7.36. The van der Waals surface area contributed by atoms with Crippen LogP contribution in [0, 0.1) is 5.92 Å². The van der Waals surface area contributed by atoms with Gasteiger partial charge in [-0.05, 0) is 61.9 Å². The number of rotatable bonds is 5. The maximum atomic E-state index is 13.0. The Morgan fingerprint density at radius 3 is 2.53 bits per heavy atom. The third-order valence-electron chi connectivity index (χ3n) is 6.42. The van der Waals surface area contributed by atoms with Crippen molar-refractivity contribution in [2.24, 2.45) is 5.92 Å². The zero-order valence-corrected chi connectivity index (χ0v) is 19.7. The molecule has 1 aliphatic rings. The second-order valence-corrected chi connectivity index (χ2v) is 9.63. The number of halogens is 3. The van der Waals surface area contributed by atoms with E-state index in [1.165, 1.54) is 49.8 Å². The first-order valence-electron chi connectivity index (χ1n) is 11.2. The van der Waals surface area contributed by atoms with Gasteiger partial charge in [-0.2, -0.15) is 13.2 Å². The first-order valence-corrected chi connectivity index (χ1v) is 12.0. The molecule has 0 spiro atoms. The fourth-order valence-electron chi connectivity index (χ4n) is 4.40. The van der Waals surface area contributed by atoms with Gasteiger partial charge in [0.2, 0.25) is 0 Å². The summed E-state index contributed by atoms with van der Waals surface area (Å²) in [5, 5.41) is 3.59. The molecule has 5 nitrogen and oxygen atoms in total. The van der Waals surface area contributed by atoms with E-state index in [1.807, 2.05) is 0 Å². The molecule has 0 unspecified atom stereocenters. The van der Waals surface area contributed by atoms with Crippen LogP contribution in [0.4, 0.5) is 18.9 Å². The molecule has 180 valence electrons. The predicted molar refractivity (Wildman–Crippen MR) is 125 cm³/mol. The number of ether oxygens (including phenoxy) is 1. The first-order chi connectivity index (χ1) is 16.2. The number of carbonyl (C=O) groups excluding carboxylic acids is 2. The summed E-state index contributed by atoms with van der Waals surface area (Å²) in [6.45, 7) is 2.21. The van der Waals surface area contributed by atoms with Gasteiger partial charge in [0, 0.05) is 11.5 Å². The van der Waals surface area contributed by atoms with E-state index >= 15 is 0 Å². The molecule has 1 aliphatic carbocycles. The van der Waals surface area contributed by atoms with Crippen molar-refractivity contribution in [3.8, 4) is 0 Å². The molecule has 0 radical (unpaired) electrons. The molecule has 1 aromatic heterocycles. The molecule has 4 rings (SSSR count). The highest BCUT2D eigenvalue weighted by molar-refractivity contribution is 7.18. The van der Waals surface area contributed by atoms with Gasteiger partial charge in [-0.25, -0.2) is 9.78 Å². The van der Waals surface area contributed by atoms with E-state index in [9.17, 15) is 22.8 Å². The molecule has 1 heterocycles. The van der Waals surface area contributed by atoms with E-state index in [0.717, 1.165) is 40.6 Å². The summed E-state index contributed by atoms with van der Waals surface area (Å²) in [4.78, 5) is 29.9. The van der Waals surface area contributed by atoms with Gasteiger partial charge >= 0.3 is 12.1 Å². The van der Waals surface area contributed by atoms with Crippen molar-refractivity contribution in [3.63, 3.8) is 0 Å². The monoisotopic (exact) mass is 490 g/mol. The summed E-state index contributed by atoms with van der Waals surface area (Å²) < 4.78 is 44.8. The number of fused-ring (bicyclic) bond motifs is 1. The van der Waals surface area contributed by atoms with Gasteiger partial charge < -0.3 is 10.1 Å². The van der Waals surface area contributed by atoms with Crippen LogP contribution >= 0.6 is 11.3 Å². The molecule has 1 saturated carbocycles. The normalized spacial score (nSPS) is 18.6. The van der Waals surface area contributed by atoms with Gasteiger partial charge in [-0.1, -0.05) is 19.4 Å². The third kappa shape index (κ3) is 5.09. The van der Waals surface area contributed by atoms with Gasteiger partial charge in [-0.3, -0.25) is 4.79 Å². The average Bonchev–Trinajstić information content (AvgIpc) is 3.25. The van der Waals surface area contributed by atoms with Crippen LogP contribution in [0.2, 0.25) is 0 Å². The maximum absolute atomic E-state index is 13.0. The number of benzene rings is 2. The highest BCUT2D eigenvalue weighted by Crippen LogP contribution is 2.40. The minimum atomic E-state index is -4.57. The van der Waals surface area contributed by atoms with Crippen molar-refractivity contribution in [2.75, 3.05) is 12.4 Å². The third-order valence-corrected chi connectivity index (χ3v) is 7.60. The smallest absolute Gasteiger partial charge is 0.416 e. The molecule has 2 aromatic carbocycles. The molecular weight excluding hydrogens is 465 g/mol. The van der Waals surface area contributed by atoms with Crippen LogP contribution in [0.1, 0.15) is 76.2 Å². The summed E-state index contributed by atoms with van der Waals surface area (Å²) in [5.74, 6) is -0.295. The van der Waals surface area contributed by atoms with E-state index in [4.69, 9.17) is 9.72 Å². The minimum Gasteiger partial charge on any atom is -0.465 e. The molecule has 9 heteroatoms. The van der Waals surface area contributed by atoms with Crippen LogP contribution in [0.25, 0.3) is 10.2 Å². The molecule has 34 heavy (non-hydrogen) atoms. The van der Waals surface area contributed by atoms with Crippen LogP contribution in [-0.4, -0.2) is 24.0 Å². The largest absolute Gasteiger partial charge is 0.465 e. The SMILES string of the molecule is CCC1CCC(c2nc3cc(C(=O)OC)c(NC(=O)c4cccc(C(F)(F)F)c4)cc3s2)CC1. The highest BCUT2D eigenvalue weighted by atomic mass is 32.1. The molecule has 1 amide bonds. The van der Waals surface area contributed by atoms with Crippen molar-refractivity contribution in [3.05, 3.63) is 58.1 Å². The Morgan fingerprint density at radius 1 is 1.15 bits per heavy atom. The lowest BCUT2D eigenvalue weighted by Crippen LogP contribution is -2.16. The number of hydrogen-bond acceptors (Lipinski definition) is 5. The van der Waals surface area contributed by atoms with E-state index in [2.05, 4.69) is 12.2 Å². The highest BCUT2D eigenvalue weighted by Gasteiger charge is 2.31. The van der Waals surface area contributed by atoms with E-state index in [-0.39, 0.29) is 16.8 Å². The predicted octanol–water partition coefficient (Wildman–Crippen LogP) is 7.04. The zero-order chi connectivity index (χ0) is 24.5. The van der Waals surface area contributed by atoms with Crippen molar-refractivity contribution < 1.29 is 27.5 Å². The lowest BCUT2D eigenvalue weighted by Gasteiger charge is -2.26. The number of nitrogens with one attached hydrogen (secondary N) is 1. The molecule has 1 fully saturated rings. The van der Waals surface area contributed by atoms with Crippen molar-refractivity contribution in [1.82, 2.24) is 4.98 Å². The number of aromatic nitrogens is 1. The van der Waals surface area contributed by atoms with E-state index < -0.39 is 23.6 Å². The number of esters is 1. The van der Waals surface area contributed by atoms with Crippen LogP contribution in [0.5, 0.6) is 0 Å². The topological polar surface area (TPSA) is 68.3 Å². The fraction of sp³-hybridized carbons (Fsp3) is 0.400. The van der Waals surface area contributed by atoms with Gasteiger partial charge in [0.25, 0.3) is 5.91 Å². The summed E-state index contributed by atoms with van der Waals surface area (Å²) in [6.07, 6.45) is 1.10. The number of anilines is 1. The molecule has 0 aliphatic heterocycles. The lowest BCUT2D eigenvalue weighted by atomic mass is 9.81. The Labute approximate surface area is 199 Å². The minimum absolute atomic E-state index is 0.0990. The number of methoxy groups -OCH3 is 1. The second-order valence-electron chi connectivity index (χ2n) is 8.57. The molecular formula is C25H25F3N2O3S. The van der Waals surface area contributed by atoms with Gasteiger partial charge in [0.1, 0.15) is 0 Å². The van der Waals surface area contributed by atoms with Crippen LogP contribution in [-0.2, 0) is 10.9 Å². The lowest BCUT2D eigenvalue weighted by molar-refractivity contribution is -0.137. The van der Waals surface area contributed by atoms with Gasteiger partial charge in [0.05, 0.1) is 39.1 Å². The molecule has 0 saturated heterocycles. The number of hydrogen-bond donors (Lipinski definition) is 1. The van der Waals surface area contributed by atoms with Gasteiger partial charge in [-0.15, -0.1) is 11.3 Å². The Kier molecular flexibility index (Phi) is 6.93. The summed E-state index contributed by atoms with van der Waals surface area (Å²) in [7, 11) is 1.23. The Morgan fingerprint density at radius 2 is 1.88 bits per heavy atom. The van der Waals surface area contributed by atoms with Crippen molar-refractivity contribution >= 4 is 39.1 Å². The first kappa shape index (κ1) is 24.2. The second kappa shape index (κ2) is 9.74. The van der Waals surface area contributed by atoms with Crippen molar-refractivity contribution in [2.45, 2.75) is 51.1 Å². The van der Waals surface area contributed by atoms with Crippen molar-refractivity contribution in [1.29, 1.82) is 0 Å². The molecule has 3 aromatic rings. The Hall–Kier alpha value is -2.94. The maximum Gasteiger partial charge on any atom is 0.416 e. The van der Waals surface area contributed by atoms with E-state index in [0.29, 0.717) is 11.4 Å². The quantitative estimate of drug-likeness (QED) is 0.390. The van der Waals surface area contributed by atoms with Crippen LogP contribution in [0.15, 0.2) is 36.4 Å². The fourth-order valence-corrected chi connectivity index (χ4v) is 5.56. The summed E-state index contributed by atoms with van der Waals surface area (Å²) >= 11 is 1.52. The average molecular weight is 491 g/mol. The standard InChI is InChI=1S/C25H25F3N2O3S/c1-3-14-7-9-15(10-8-14)23-30-20-12-18(24(32)33-2)19(13-21(20)34-23)29-22(31)16-5-4-6-17(11-16)25(26,27)28/h4-6,11-15H,3,7-10H2,1-2H3,(H,29,31). The number of carbonyl (C=O) groups is 2. The van der Waals surface area contributed by atoms with Crippen LogP contribution in [0.3, 0.4) is 0 Å². The molecule has 0 bridgehead atoms. The Bertz CT molecular complexity index is 1210. The van der Waals surface area contributed by atoms with E-state index in [1.54, 1.807) is 12.1 Å². The molecule has 1 N–H and O–H groups in total. The van der Waals surface area contributed by atoms with Gasteiger partial charge in [0.15, 0.2) is 0 Å².